The Kier molecular flexibility index (Phi) is 4.66. The Morgan fingerprint density at radius 2 is 2.43 bits per heavy atom. The Morgan fingerprint density at radius 3 is 3.05 bits per heavy atom. The lowest BCUT2D eigenvalue weighted by Gasteiger charge is -2.16. The fraction of sp³-hybridized carbons (Fsp3) is 0.500. The Bertz CT molecular complexity index is 568. The van der Waals surface area contributed by atoms with Gasteiger partial charge in [-0.3, -0.25) is 4.57 Å². The number of ether oxygens (including phenoxy) is 3. The Morgan fingerprint density at radius 1 is 1.67 bits per heavy atom. The molecular weight excluding hydrogens is 282 g/mol. The number of aliphatic hydroxyl groups is 2. The van der Waals surface area contributed by atoms with Crippen LogP contribution in [0.5, 0.6) is 0 Å². The maximum absolute atomic E-state index is 11.8. The Balaban J connectivity index is 2.16. The number of aromatic nitrogens is 2. The zero-order chi connectivity index (χ0) is 15.4. The first-order valence-electron chi connectivity index (χ1n) is 6.24. The fourth-order valence-corrected chi connectivity index (χ4v) is 2.12. The maximum Gasteiger partial charge on any atom is 0.351 e. The highest BCUT2D eigenvalue weighted by Gasteiger charge is 2.38. The number of hydrogen-bond acceptors (Lipinski definition) is 8. The number of nitrogens with zero attached hydrogens (tertiary/aromatic N) is 2. The van der Waals surface area contributed by atoms with Gasteiger partial charge in [-0.05, 0) is 6.07 Å². The summed E-state index contributed by atoms with van der Waals surface area (Å²) in [7, 11) is 1.50. The standard InChI is InChI=1S/C12H17N3O6/c1-19-5-8-7(20-6-11(16)17)4-10(21-8)15-3-2-9(13)14-12(15)18/h2-3,6-8,10,16-17H,4-5H2,1H3,(H2,13,14,18)/t7-,8?,10+/m0/s1. The SMILES string of the molecule is COCC1O[C@@H](n2ccc(N)nc2=O)C[C@@H]1OC=C(O)O. The van der Waals surface area contributed by atoms with Crippen molar-refractivity contribution in [2.45, 2.75) is 24.9 Å². The van der Waals surface area contributed by atoms with E-state index in [9.17, 15) is 4.79 Å². The van der Waals surface area contributed by atoms with E-state index in [1.54, 1.807) is 0 Å². The lowest BCUT2D eigenvalue weighted by Crippen LogP contribution is -2.28. The van der Waals surface area contributed by atoms with Crippen molar-refractivity contribution in [1.82, 2.24) is 9.55 Å². The first-order valence-corrected chi connectivity index (χ1v) is 6.24. The number of nitrogen functional groups attached to an aromatic ring is 1. The topological polar surface area (TPSA) is 129 Å². The van der Waals surface area contributed by atoms with Crippen molar-refractivity contribution in [3.63, 3.8) is 0 Å². The van der Waals surface area contributed by atoms with Gasteiger partial charge in [-0.25, -0.2) is 4.79 Å². The minimum atomic E-state index is -0.944. The average Bonchev–Trinajstić information content (AvgIpc) is 2.80. The van der Waals surface area contributed by atoms with Crippen molar-refractivity contribution >= 4 is 5.82 Å². The molecule has 0 saturated carbocycles. The quantitative estimate of drug-likeness (QED) is 0.651. The molecule has 9 nitrogen and oxygen atoms in total. The molecular formula is C12H17N3O6. The molecule has 1 aliphatic heterocycles. The van der Waals surface area contributed by atoms with E-state index in [2.05, 4.69) is 4.98 Å². The van der Waals surface area contributed by atoms with Crippen LogP contribution in [0.2, 0.25) is 0 Å². The van der Waals surface area contributed by atoms with Crippen LogP contribution in [0, 0.1) is 0 Å². The second-order valence-corrected chi connectivity index (χ2v) is 4.51. The summed E-state index contributed by atoms with van der Waals surface area (Å²) in [5.41, 5.74) is 4.91. The minimum Gasteiger partial charge on any atom is -0.488 e. The minimum absolute atomic E-state index is 0.128. The molecule has 3 atom stereocenters. The second kappa shape index (κ2) is 6.46. The number of rotatable bonds is 5. The van der Waals surface area contributed by atoms with E-state index in [0.29, 0.717) is 6.42 Å². The Hall–Kier alpha value is -2.26. The molecule has 1 aromatic heterocycles. The molecule has 1 fully saturated rings. The van der Waals surface area contributed by atoms with Crippen LogP contribution in [0.1, 0.15) is 12.6 Å². The van der Waals surface area contributed by atoms with Gasteiger partial charge in [0.2, 0.25) is 0 Å². The fourth-order valence-electron chi connectivity index (χ4n) is 2.12. The molecule has 1 saturated heterocycles. The summed E-state index contributed by atoms with van der Waals surface area (Å²) in [5.74, 6) is -0.815. The van der Waals surface area contributed by atoms with Crippen molar-refractivity contribution in [3.8, 4) is 0 Å². The third kappa shape index (κ3) is 3.64. The van der Waals surface area contributed by atoms with Gasteiger partial charge in [-0.1, -0.05) is 0 Å². The molecule has 9 heteroatoms. The summed E-state index contributed by atoms with van der Waals surface area (Å²) in [5, 5.41) is 17.5. The van der Waals surface area contributed by atoms with Crippen molar-refractivity contribution < 1.29 is 24.4 Å². The molecule has 4 N–H and O–H groups in total. The van der Waals surface area contributed by atoms with Gasteiger partial charge < -0.3 is 30.2 Å². The third-order valence-electron chi connectivity index (χ3n) is 3.02. The molecule has 1 aromatic rings. The summed E-state index contributed by atoms with van der Waals surface area (Å²) < 4.78 is 17.2. The highest BCUT2D eigenvalue weighted by atomic mass is 16.6. The molecule has 0 aliphatic carbocycles. The van der Waals surface area contributed by atoms with Crippen LogP contribution < -0.4 is 11.4 Å². The van der Waals surface area contributed by atoms with Crippen molar-refractivity contribution in [3.05, 3.63) is 35.0 Å². The molecule has 2 heterocycles. The molecule has 2 rings (SSSR count). The smallest absolute Gasteiger partial charge is 0.351 e. The van der Waals surface area contributed by atoms with Gasteiger partial charge in [0.1, 0.15) is 24.3 Å². The molecule has 0 spiro atoms. The largest absolute Gasteiger partial charge is 0.488 e. The normalized spacial score (nSPS) is 24.7. The maximum atomic E-state index is 11.8. The van der Waals surface area contributed by atoms with E-state index in [0.717, 1.165) is 6.26 Å². The van der Waals surface area contributed by atoms with E-state index >= 15 is 0 Å². The molecule has 0 aromatic carbocycles. The summed E-state index contributed by atoms with van der Waals surface area (Å²) in [6.45, 7) is 0.234. The first-order chi connectivity index (χ1) is 10.0. The zero-order valence-corrected chi connectivity index (χ0v) is 11.4. The van der Waals surface area contributed by atoms with E-state index in [1.807, 2.05) is 0 Å². The number of hydrogen-bond donors (Lipinski definition) is 3. The van der Waals surface area contributed by atoms with Crippen LogP contribution in [0.15, 0.2) is 29.3 Å². The highest BCUT2D eigenvalue weighted by molar-refractivity contribution is 5.23. The van der Waals surface area contributed by atoms with Gasteiger partial charge >= 0.3 is 11.6 Å². The molecule has 1 aliphatic rings. The number of aliphatic hydroxyl groups excluding tert-OH is 1. The lowest BCUT2D eigenvalue weighted by atomic mass is 10.2. The predicted molar refractivity (Wildman–Crippen MR) is 71.5 cm³/mol. The van der Waals surface area contributed by atoms with Crippen LogP contribution in [0.3, 0.4) is 0 Å². The number of methoxy groups -OCH3 is 1. The number of anilines is 1. The highest BCUT2D eigenvalue weighted by Crippen LogP contribution is 2.30. The van der Waals surface area contributed by atoms with Crippen LogP contribution in [-0.2, 0) is 14.2 Å². The van der Waals surface area contributed by atoms with Gasteiger partial charge in [-0.15, -0.1) is 0 Å². The van der Waals surface area contributed by atoms with Crippen molar-refractivity contribution in [1.29, 1.82) is 0 Å². The molecule has 0 radical (unpaired) electrons. The lowest BCUT2D eigenvalue weighted by molar-refractivity contribution is -0.0581. The average molecular weight is 299 g/mol. The summed E-state index contributed by atoms with van der Waals surface area (Å²) in [4.78, 5) is 15.4. The molecule has 116 valence electrons. The van der Waals surface area contributed by atoms with Gasteiger partial charge in [0, 0.05) is 19.7 Å². The summed E-state index contributed by atoms with van der Waals surface area (Å²) >= 11 is 0. The second-order valence-electron chi connectivity index (χ2n) is 4.51. The van der Waals surface area contributed by atoms with Gasteiger partial charge in [0.25, 0.3) is 0 Å². The van der Waals surface area contributed by atoms with Crippen LogP contribution >= 0.6 is 0 Å². The summed E-state index contributed by atoms with van der Waals surface area (Å²) in [6.07, 6.45) is 1.08. The predicted octanol–water partition coefficient (Wildman–Crippen LogP) is 0.0595. The molecule has 1 unspecified atom stereocenters. The monoisotopic (exact) mass is 299 g/mol. The third-order valence-corrected chi connectivity index (χ3v) is 3.02. The van der Waals surface area contributed by atoms with Crippen LogP contribution in [0.4, 0.5) is 5.82 Å². The molecule has 0 bridgehead atoms. The summed E-state index contributed by atoms with van der Waals surface area (Å²) in [6, 6.07) is 1.49. The van der Waals surface area contributed by atoms with Gasteiger partial charge in [-0.2, -0.15) is 4.98 Å². The molecule has 0 amide bonds. The molecule has 21 heavy (non-hydrogen) atoms. The van der Waals surface area contributed by atoms with E-state index < -0.39 is 30.1 Å². The zero-order valence-electron chi connectivity index (χ0n) is 11.4. The van der Waals surface area contributed by atoms with E-state index in [4.69, 9.17) is 30.2 Å². The van der Waals surface area contributed by atoms with Crippen molar-refractivity contribution in [2.24, 2.45) is 0 Å². The van der Waals surface area contributed by atoms with Crippen molar-refractivity contribution in [2.75, 3.05) is 19.5 Å². The Labute approximate surface area is 120 Å². The van der Waals surface area contributed by atoms with Crippen LogP contribution in [-0.4, -0.2) is 45.7 Å². The van der Waals surface area contributed by atoms with Gasteiger partial charge in [0.15, 0.2) is 6.26 Å². The van der Waals surface area contributed by atoms with Gasteiger partial charge in [0.05, 0.1) is 6.61 Å². The first kappa shape index (κ1) is 15.1. The van der Waals surface area contributed by atoms with E-state index in [1.165, 1.54) is 23.9 Å². The number of nitrogens with two attached hydrogens (primary N) is 1. The van der Waals surface area contributed by atoms with E-state index in [-0.39, 0.29) is 12.4 Å². The van der Waals surface area contributed by atoms with Crippen LogP contribution in [0.25, 0.3) is 0 Å².